The molecule has 0 spiro atoms. The molecule has 0 unspecified atom stereocenters. The molecule has 0 radical (unpaired) electrons. The lowest BCUT2D eigenvalue weighted by molar-refractivity contribution is 1.05. The van der Waals surface area contributed by atoms with Gasteiger partial charge in [-0.2, -0.15) is 0 Å². The van der Waals surface area contributed by atoms with Crippen molar-refractivity contribution in [3.63, 3.8) is 0 Å². The van der Waals surface area contributed by atoms with E-state index in [1.807, 2.05) is 6.08 Å². The molecule has 0 saturated carbocycles. The smallest absolute Gasteiger partial charge is 0.00948 e. The highest BCUT2D eigenvalue weighted by molar-refractivity contribution is 5.39. The van der Waals surface area contributed by atoms with Crippen molar-refractivity contribution in [3.8, 4) is 0 Å². The summed E-state index contributed by atoms with van der Waals surface area (Å²) in [6, 6.07) is 4.53. The lowest BCUT2D eigenvalue weighted by Gasteiger charge is -2.10. The Balaban J connectivity index is 3.20. The van der Waals surface area contributed by atoms with Gasteiger partial charge in [-0.1, -0.05) is 30.7 Å². The van der Waals surface area contributed by atoms with E-state index < -0.39 is 0 Å². The van der Waals surface area contributed by atoms with Crippen molar-refractivity contribution < 1.29 is 0 Å². The number of hydrogen-bond donors (Lipinski definition) is 0. The van der Waals surface area contributed by atoms with Gasteiger partial charge in [0.1, 0.15) is 0 Å². The molecular weight excluding hydrogens is 156 g/mol. The summed E-state index contributed by atoms with van der Waals surface area (Å²) in [5.41, 5.74) is 5.69. The number of hydrogen-bond acceptors (Lipinski definition) is 0. The molecule has 0 bridgehead atoms. The summed E-state index contributed by atoms with van der Waals surface area (Å²) in [6.45, 7) is 10.3. The van der Waals surface area contributed by atoms with E-state index in [9.17, 15) is 0 Å². The fourth-order valence-corrected chi connectivity index (χ4v) is 1.84. The molecule has 0 fully saturated rings. The predicted octanol–water partition coefficient (Wildman–Crippen LogP) is 3.59. The minimum absolute atomic E-state index is 0.995. The van der Waals surface area contributed by atoms with Gasteiger partial charge in [0.15, 0.2) is 0 Å². The molecule has 70 valence electrons. The summed E-state index contributed by atoms with van der Waals surface area (Å²) in [4.78, 5) is 0. The Bertz CT molecular complexity index is 308. The van der Waals surface area contributed by atoms with Gasteiger partial charge in [0.2, 0.25) is 0 Å². The van der Waals surface area contributed by atoms with E-state index in [1.165, 1.54) is 22.3 Å². The number of benzene rings is 1. The van der Waals surface area contributed by atoms with Gasteiger partial charge < -0.3 is 0 Å². The highest BCUT2D eigenvalue weighted by Crippen LogP contribution is 2.18. The van der Waals surface area contributed by atoms with Crippen molar-refractivity contribution in [1.29, 1.82) is 0 Å². The summed E-state index contributed by atoms with van der Waals surface area (Å²) in [5.74, 6) is 0. The van der Waals surface area contributed by atoms with E-state index in [-0.39, 0.29) is 0 Å². The van der Waals surface area contributed by atoms with E-state index in [2.05, 4.69) is 39.5 Å². The topological polar surface area (TPSA) is 0 Å². The maximum absolute atomic E-state index is 3.79. The first-order valence-electron chi connectivity index (χ1n) is 4.89. The second-order valence-corrected chi connectivity index (χ2v) is 3.57. The van der Waals surface area contributed by atoms with Crippen LogP contribution < -0.4 is 0 Å². The average molecular weight is 174 g/mol. The molecule has 0 N–H and O–H groups in total. The van der Waals surface area contributed by atoms with E-state index >= 15 is 0 Å². The summed E-state index contributed by atoms with van der Waals surface area (Å²) < 4.78 is 0. The molecule has 0 aliphatic heterocycles. The Morgan fingerprint density at radius 1 is 1.31 bits per heavy atom. The van der Waals surface area contributed by atoms with Crippen LogP contribution in [-0.2, 0) is 12.8 Å². The van der Waals surface area contributed by atoms with Gasteiger partial charge in [-0.05, 0) is 43.4 Å². The summed E-state index contributed by atoms with van der Waals surface area (Å²) >= 11 is 0. The molecular formula is C13H18. The molecule has 0 nitrogen and oxygen atoms in total. The Morgan fingerprint density at radius 2 is 2.00 bits per heavy atom. The number of aryl methyl sites for hydroxylation is 3. The van der Waals surface area contributed by atoms with Crippen molar-refractivity contribution in [1.82, 2.24) is 0 Å². The maximum atomic E-state index is 3.79. The second kappa shape index (κ2) is 4.27. The van der Waals surface area contributed by atoms with Crippen molar-refractivity contribution >= 4 is 0 Å². The van der Waals surface area contributed by atoms with E-state index in [0.29, 0.717) is 0 Å². The minimum atomic E-state index is 0.995. The molecule has 0 aliphatic rings. The molecule has 1 aromatic rings. The monoisotopic (exact) mass is 174 g/mol. The first-order chi connectivity index (χ1) is 6.19. The second-order valence-electron chi connectivity index (χ2n) is 3.57. The van der Waals surface area contributed by atoms with Crippen LogP contribution in [-0.4, -0.2) is 0 Å². The van der Waals surface area contributed by atoms with Crippen LogP contribution in [0.5, 0.6) is 0 Å². The Kier molecular flexibility index (Phi) is 3.30. The quantitative estimate of drug-likeness (QED) is 0.614. The lowest BCUT2D eigenvalue weighted by Crippen LogP contribution is -1.96. The third-order valence-electron chi connectivity index (χ3n) is 2.44. The Labute approximate surface area is 81.3 Å². The third kappa shape index (κ3) is 2.21. The van der Waals surface area contributed by atoms with Crippen molar-refractivity contribution in [2.45, 2.75) is 33.6 Å². The molecule has 0 saturated heterocycles. The fourth-order valence-electron chi connectivity index (χ4n) is 1.84. The standard InChI is InChI=1S/C13H18/c1-5-7-13-11(4)8-10(3)9-12(13)6-2/h5,8-9H,1,6-7H2,2-4H3. The molecule has 0 aliphatic carbocycles. The van der Waals surface area contributed by atoms with Gasteiger partial charge in [0, 0.05) is 0 Å². The Morgan fingerprint density at radius 3 is 2.54 bits per heavy atom. The van der Waals surface area contributed by atoms with E-state index in [0.717, 1.165) is 12.8 Å². The van der Waals surface area contributed by atoms with Crippen molar-refractivity contribution in [2.75, 3.05) is 0 Å². The van der Waals surface area contributed by atoms with Crippen molar-refractivity contribution in [3.05, 3.63) is 47.0 Å². The van der Waals surface area contributed by atoms with Gasteiger partial charge in [-0.3, -0.25) is 0 Å². The highest BCUT2D eigenvalue weighted by Gasteiger charge is 2.03. The van der Waals surface area contributed by atoms with E-state index in [1.54, 1.807) is 0 Å². The molecule has 1 aromatic carbocycles. The maximum Gasteiger partial charge on any atom is -0.00948 e. The van der Waals surface area contributed by atoms with Gasteiger partial charge in [0.05, 0.1) is 0 Å². The van der Waals surface area contributed by atoms with Gasteiger partial charge in [0.25, 0.3) is 0 Å². The van der Waals surface area contributed by atoms with Crippen LogP contribution in [0, 0.1) is 13.8 Å². The van der Waals surface area contributed by atoms with Crippen LogP contribution in [0.2, 0.25) is 0 Å². The van der Waals surface area contributed by atoms with E-state index in [4.69, 9.17) is 0 Å². The molecule has 0 amide bonds. The van der Waals surface area contributed by atoms with Crippen molar-refractivity contribution in [2.24, 2.45) is 0 Å². The van der Waals surface area contributed by atoms with Crippen LogP contribution in [0.4, 0.5) is 0 Å². The first-order valence-corrected chi connectivity index (χ1v) is 4.89. The molecule has 0 aromatic heterocycles. The lowest BCUT2D eigenvalue weighted by atomic mass is 9.95. The fraction of sp³-hybridized carbons (Fsp3) is 0.385. The molecule has 0 heterocycles. The SMILES string of the molecule is C=CCc1c(C)cc(C)cc1CC. The minimum Gasteiger partial charge on any atom is -0.103 e. The largest absolute Gasteiger partial charge is 0.103 e. The average Bonchev–Trinajstić information content (AvgIpc) is 2.09. The first kappa shape index (κ1) is 10.0. The van der Waals surface area contributed by atoms with Gasteiger partial charge in [-0.15, -0.1) is 6.58 Å². The molecule has 0 atom stereocenters. The van der Waals surface area contributed by atoms with Gasteiger partial charge >= 0.3 is 0 Å². The number of allylic oxidation sites excluding steroid dienone is 1. The molecule has 13 heavy (non-hydrogen) atoms. The van der Waals surface area contributed by atoms with Crippen LogP contribution >= 0.6 is 0 Å². The Hall–Kier alpha value is -1.04. The summed E-state index contributed by atoms with van der Waals surface area (Å²) in [7, 11) is 0. The zero-order chi connectivity index (χ0) is 9.84. The summed E-state index contributed by atoms with van der Waals surface area (Å²) in [5, 5.41) is 0. The summed E-state index contributed by atoms with van der Waals surface area (Å²) in [6.07, 6.45) is 4.10. The molecule has 1 rings (SSSR count). The number of rotatable bonds is 3. The zero-order valence-corrected chi connectivity index (χ0v) is 8.85. The predicted molar refractivity (Wildman–Crippen MR) is 59.2 cm³/mol. The highest BCUT2D eigenvalue weighted by atomic mass is 14.1. The van der Waals surface area contributed by atoms with Crippen LogP contribution in [0.15, 0.2) is 24.8 Å². The van der Waals surface area contributed by atoms with Crippen LogP contribution in [0.3, 0.4) is 0 Å². The molecule has 0 heteroatoms. The van der Waals surface area contributed by atoms with Gasteiger partial charge in [-0.25, -0.2) is 0 Å². The van der Waals surface area contributed by atoms with Crippen LogP contribution in [0.1, 0.15) is 29.2 Å². The van der Waals surface area contributed by atoms with Crippen LogP contribution in [0.25, 0.3) is 0 Å². The normalized spacial score (nSPS) is 10.1. The zero-order valence-electron chi connectivity index (χ0n) is 8.85. The third-order valence-corrected chi connectivity index (χ3v) is 2.44.